The van der Waals surface area contributed by atoms with Crippen molar-refractivity contribution in [3.8, 4) is 0 Å². The number of allylic oxidation sites excluding steroid dienone is 2. The quantitative estimate of drug-likeness (QED) is 0.571. The van der Waals surface area contributed by atoms with Gasteiger partial charge in [-0.3, -0.25) is 4.79 Å². The number of hydrogen-bond donors (Lipinski definition) is 1. The molecule has 30 heavy (non-hydrogen) atoms. The smallest absolute Gasteiger partial charge is 0.416 e. The fourth-order valence-corrected chi connectivity index (χ4v) is 3.07. The van der Waals surface area contributed by atoms with Crippen molar-refractivity contribution in [2.24, 2.45) is 5.92 Å². The molecule has 0 amide bonds. The minimum atomic E-state index is -4.55. The Labute approximate surface area is 170 Å². The fourth-order valence-electron chi connectivity index (χ4n) is 3.07. The Hall–Kier alpha value is -3.30. The van der Waals surface area contributed by atoms with Crippen molar-refractivity contribution in [3.63, 3.8) is 0 Å². The maximum absolute atomic E-state index is 12.9. The van der Waals surface area contributed by atoms with E-state index in [1.54, 1.807) is 0 Å². The molecule has 0 bridgehead atoms. The van der Waals surface area contributed by atoms with Crippen LogP contribution < -0.4 is 5.32 Å². The van der Waals surface area contributed by atoms with E-state index >= 15 is 0 Å². The fraction of sp³-hybridized carbons (Fsp3) is 0.350. The molecule has 162 valence electrons. The molecule has 0 saturated heterocycles. The molecule has 1 aliphatic rings. The molecule has 0 atom stereocenters. The molecular formula is C20H20F3NO6. The summed E-state index contributed by atoms with van der Waals surface area (Å²) in [6.07, 6.45) is -4.55. The molecular weight excluding hydrogens is 407 g/mol. The molecule has 1 aromatic rings. The van der Waals surface area contributed by atoms with E-state index in [0.29, 0.717) is 0 Å². The first kappa shape index (κ1) is 23.0. The topological polar surface area (TPSA) is 90.9 Å². The molecule has 0 saturated carbocycles. The van der Waals surface area contributed by atoms with Crippen molar-refractivity contribution in [1.29, 1.82) is 0 Å². The lowest BCUT2D eigenvalue weighted by atomic mass is 9.85. The second kappa shape index (κ2) is 9.02. The van der Waals surface area contributed by atoms with E-state index in [4.69, 9.17) is 14.2 Å². The summed E-state index contributed by atoms with van der Waals surface area (Å²) in [5.41, 5.74) is -0.571. The number of alkyl halides is 3. The number of esters is 3. The Balaban J connectivity index is 2.36. The first-order chi connectivity index (χ1) is 14.0. The highest BCUT2D eigenvalue weighted by Crippen LogP contribution is 2.33. The molecule has 7 nitrogen and oxygen atoms in total. The molecule has 1 heterocycles. The van der Waals surface area contributed by atoms with Gasteiger partial charge in [-0.2, -0.15) is 13.2 Å². The molecule has 1 N–H and O–H groups in total. The zero-order valence-electron chi connectivity index (χ0n) is 16.7. The number of methoxy groups -OCH3 is 2. The molecule has 0 radical (unpaired) electrons. The summed E-state index contributed by atoms with van der Waals surface area (Å²) >= 11 is 0. The van der Waals surface area contributed by atoms with Gasteiger partial charge in [-0.25, -0.2) is 9.59 Å². The Kier molecular flexibility index (Phi) is 6.91. The van der Waals surface area contributed by atoms with Crippen LogP contribution in [0.15, 0.2) is 46.8 Å². The lowest BCUT2D eigenvalue weighted by Crippen LogP contribution is -2.37. The van der Waals surface area contributed by atoms with Gasteiger partial charge >= 0.3 is 24.1 Å². The Morgan fingerprint density at radius 1 is 1.00 bits per heavy atom. The van der Waals surface area contributed by atoms with Gasteiger partial charge in [-0.1, -0.05) is 12.1 Å². The number of benzene rings is 1. The first-order valence-corrected chi connectivity index (χ1v) is 8.69. The van der Waals surface area contributed by atoms with E-state index in [9.17, 15) is 27.6 Å². The third-order valence-corrected chi connectivity index (χ3v) is 4.44. The molecule has 0 aromatic heterocycles. The summed E-state index contributed by atoms with van der Waals surface area (Å²) in [6.45, 7) is 2.53. The van der Waals surface area contributed by atoms with Crippen molar-refractivity contribution in [3.05, 3.63) is 57.9 Å². The minimum absolute atomic E-state index is 0.0905. The van der Waals surface area contributed by atoms with E-state index in [2.05, 4.69) is 5.32 Å². The first-order valence-electron chi connectivity index (χ1n) is 8.69. The van der Waals surface area contributed by atoms with Crippen LogP contribution in [0.5, 0.6) is 0 Å². The summed E-state index contributed by atoms with van der Waals surface area (Å²) in [7, 11) is 2.22. The number of carbonyl (C=O) groups excluding carboxylic acids is 3. The average Bonchev–Trinajstić information content (AvgIpc) is 2.70. The normalized spacial score (nSPS) is 14.9. The lowest BCUT2D eigenvalue weighted by Gasteiger charge is -2.28. The number of ether oxygens (including phenoxy) is 3. The van der Waals surface area contributed by atoms with E-state index in [0.717, 1.165) is 26.4 Å². The second-order valence-electron chi connectivity index (χ2n) is 6.42. The van der Waals surface area contributed by atoms with Crippen LogP contribution in [0.1, 0.15) is 25.0 Å². The van der Waals surface area contributed by atoms with E-state index in [1.807, 2.05) is 0 Å². The van der Waals surface area contributed by atoms with E-state index < -0.39 is 42.2 Å². The highest BCUT2D eigenvalue weighted by atomic mass is 19.4. The SMILES string of the molecule is COC(=O)C1=C(C)NC(C)=C(C(=O)OC)C1C(=O)OCc1cccc(C(F)(F)F)c1. The molecule has 1 aromatic carbocycles. The highest BCUT2D eigenvalue weighted by molar-refractivity contribution is 6.05. The van der Waals surface area contributed by atoms with Crippen molar-refractivity contribution >= 4 is 17.9 Å². The van der Waals surface area contributed by atoms with Gasteiger partial charge in [0.2, 0.25) is 0 Å². The Morgan fingerprint density at radius 3 is 2.00 bits per heavy atom. The second-order valence-corrected chi connectivity index (χ2v) is 6.42. The van der Waals surface area contributed by atoms with Gasteiger partial charge in [-0.05, 0) is 31.5 Å². The lowest BCUT2D eigenvalue weighted by molar-refractivity contribution is -0.152. The zero-order valence-corrected chi connectivity index (χ0v) is 16.7. The number of rotatable bonds is 5. The molecule has 0 unspecified atom stereocenters. The predicted octanol–water partition coefficient (Wildman–Crippen LogP) is 2.86. The third-order valence-electron chi connectivity index (χ3n) is 4.44. The van der Waals surface area contributed by atoms with Crippen molar-refractivity contribution in [2.75, 3.05) is 14.2 Å². The summed E-state index contributed by atoms with van der Waals surface area (Å²) in [5.74, 6) is -4.20. The van der Waals surface area contributed by atoms with Crippen molar-refractivity contribution < 1.29 is 41.8 Å². The van der Waals surface area contributed by atoms with Gasteiger partial charge in [-0.15, -0.1) is 0 Å². The van der Waals surface area contributed by atoms with E-state index in [1.165, 1.54) is 26.0 Å². The molecule has 0 aliphatic carbocycles. The van der Waals surface area contributed by atoms with Gasteiger partial charge in [0.15, 0.2) is 0 Å². The Morgan fingerprint density at radius 2 is 1.53 bits per heavy atom. The molecule has 1 aliphatic heterocycles. The van der Waals surface area contributed by atoms with Crippen LogP contribution in [0.25, 0.3) is 0 Å². The highest BCUT2D eigenvalue weighted by Gasteiger charge is 2.42. The van der Waals surface area contributed by atoms with Crippen LogP contribution in [0.4, 0.5) is 13.2 Å². The largest absolute Gasteiger partial charge is 0.466 e. The zero-order chi connectivity index (χ0) is 22.6. The number of carbonyl (C=O) groups is 3. The summed E-state index contributed by atoms with van der Waals surface area (Å²) in [6, 6.07) is 4.28. The number of halogens is 3. The van der Waals surface area contributed by atoms with Gasteiger partial charge in [0, 0.05) is 11.4 Å². The predicted molar refractivity (Wildman–Crippen MR) is 97.3 cm³/mol. The van der Waals surface area contributed by atoms with Gasteiger partial charge in [0.25, 0.3) is 0 Å². The van der Waals surface area contributed by atoms with E-state index in [-0.39, 0.29) is 28.1 Å². The van der Waals surface area contributed by atoms with Crippen LogP contribution in [0, 0.1) is 5.92 Å². The van der Waals surface area contributed by atoms with Gasteiger partial charge < -0.3 is 19.5 Å². The van der Waals surface area contributed by atoms with Crippen LogP contribution >= 0.6 is 0 Å². The summed E-state index contributed by atoms with van der Waals surface area (Å²) < 4.78 is 53.2. The average molecular weight is 427 g/mol. The van der Waals surface area contributed by atoms with Crippen LogP contribution in [0.3, 0.4) is 0 Å². The third kappa shape index (κ3) is 4.81. The molecule has 0 fully saturated rings. The molecule has 2 rings (SSSR count). The number of hydrogen-bond acceptors (Lipinski definition) is 7. The van der Waals surface area contributed by atoms with Crippen LogP contribution in [0.2, 0.25) is 0 Å². The molecule has 10 heteroatoms. The molecule has 0 spiro atoms. The van der Waals surface area contributed by atoms with Crippen molar-refractivity contribution in [1.82, 2.24) is 5.32 Å². The van der Waals surface area contributed by atoms with Gasteiger partial charge in [0.05, 0.1) is 30.9 Å². The van der Waals surface area contributed by atoms with Crippen LogP contribution in [-0.2, 0) is 41.4 Å². The van der Waals surface area contributed by atoms with Gasteiger partial charge in [0.1, 0.15) is 12.5 Å². The summed E-state index contributed by atoms with van der Waals surface area (Å²) in [5, 5.41) is 2.82. The van der Waals surface area contributed by atoms with Crippen LogP contribution in [-0.4, -0.2) is 32.1 Å². The monoisotopic (exact) mass is 427 g/mol. The maximum Gasteiger partial charge on any atom is 0.416 e. The number of dihydropyridines is 1. The number of nitrogens with one attached hydrogen (secondary N) is 1. The standard InChI is InChI=1S/C20H20F3NO6/c1-10-14(17(25)28-3)16(15(11(2)24-10)18(26)29-4)19(27)30-9-12-6-5-7-13(8-12)20(21,22)23/h5-8,16,24H,9H2,1-4H3. The Bertz CT molecular complexity index is 895. The summed E-state index contributed by atoms with van der Waals surface area (Å²) in [4.78, 5) is 37.4. The minimum Gasteiger partial charge on any atom is -0.466 e. The van der Waals surface area contributed by atoms with Crippen molar-refractivity contribution in [2.45, 2.75) is 26.6 Å². The maximum atomic E-state index is 12.9.